The van der Waals surface area contributed by atoms with E-state index in [1.165, 1.54) is 0 Å². The van der Waals surface area contributed by atoms with Crippen LogP contribution < -0.4 is 10.2 Å². The van der Waals surface area contributed by atoms with E-state index in [1.54, 1.807) is 24.4 Å². The van der Waals surface area contributed by atoms with Crippen LogP contribution >= 0.6 is 46.6 Å². The fourth-order valence-corrected chi connectivity index (χ4v) is 4.57. The van der Waals surface area contributed by atoms with Crippen molar-refractivity contribution in [1.29, 1.82) is 0 Å². The number of amides is 1. The number of nitrogens with one attached hydrogen (secondary N) is 1. The van der Waals surface area contributed by atoms with Crippen molar-refractivity contribution >= 4 is 58.7 Å². The van der Waals surface area contributed by atoms with Crippen molar-refractivity contribution in [2.75, 3.05) is 5.75 Å². The van der Waals surface area contributed by atoms with E-state index >= 15 is 0 Å². The Morgan fingerprint density at radius 3 is 2.72 bits per heavy atom. The Morgan fingerprint density at radius 1 is 1.14 bits per heavy atom. The molecule has 0 aliphatic heterocycles. The lowest BCUT2D eigenvalue weighted by Gasteiger charge is -2.09. The highest BCUT2D eigenvalue weighted by molar-refractivity contribution is 7.99. The maximum atomic E-state index is 12.2. The van der Waals surface area contributed by atoms with E-state index in [2.05, 4.69) is 25.3 Å². The number of nitrogens with zero attached hydrogens (tertiary/aromatic N) is 4. The molecule has 4 aromatic rings. The number of benzene rings is 2. The first kappa shape index (κ1) is 26.1. The van der Waals surface area contributed by atoms with E-state index in [0.29, 0.717) is 20.8 Å². The zero-order chi connectivity index (χ0) is 25.7. The van der Waals surface area contributed by atoms with Crippen LogP contribution in [0.25, 0.3) is 5.69 Å². The first-order valence-electron chi connectivity index (χ1n) is 10.6. The average Bonchev–Trinajstić information content (AvgIpc) is 3.40. The molecule has 0 atom stereocenters. The molecule has 0 unspecified atom stereocenters. The van der Waals surface area contributed by atoms with Gasteiger partial charge in [0.25, 0.3) is 17.0 Å². The minimum atomic E-state index is -0.316. The number of rotatable bonds is 9. The third kappa shape index (κ3) is 6.61. The second-order valence-corrected chi connectivity index (χ2v) is 9.76. The predicted octanol–water partition coefficient (Wildman–Crippen LogP) is 6.26. The standard InChI is InChI=1S/C24H20Cl3N5O3S/c1-14-8-16(15(2)32(14)19-5-3-4-17(25)9-19)11-28-29-22(33)13-36-24-31-30-23(35-24)12-34-21-7-6-18(26)10-20(21)27/h3-11H,12-13H2,1-2H3,(H,29,33)/b28-11-. The van der Waals surface area contributed by atoms with E-state index in [1.807, 2.05) is 44.2 Å². The smallest absolute Gasteiger partial charge is 0.277 e. The number of hydrogen-bond donors (Lipinski definition) is 1. The van der Waals surface area contributed by atoms with Gasteiger partial charge in [0.15, 0.2) is 6.61 Å². The molecule has 1 N–H and O–H groups in total. The van der Waals surface area contributed by atoms with Gasteiger partial charge in [0.05, 0.1) is 17.0 Å². The van der Waals surface area contributed by atoms with Crippen molar-refractivity contribution in [1.82, 2.24) is 20.2 Å². The van der Waals surface area contributed by atoms with Gasteiger partial charge in [-0.3, -0.25) is 4.79 Å². The number of aryl methyl sites for hydroxylation is 1. The van der Waals surface area contributed by atoms with Crippen LogP contribution in [0.3, 0.4) is 0 Å². The molecule has 4 rings (SSSR count). The lowest BCUT2D eigenvalue weighted by atomic mass is 10.2. The number of halogens is 3. The van der Waals surface area contributed by atoms with Crippen LogP contribution in [0.5, 0.6) is 5.75 Å². The lowest BCUT2D eigenvalue weighted by Crippen LogP contribution is -2.19. The first-order valence-corrected chi connectivity index (χ1v) is 12.7. The molecule has 186 valence electrons. The van der Waals surface area contributed by atoms with Crippen molar-refractivity contribution in [3.8, 4) is 11.4 Å². The Morgan fingerprint density at radius 2 is 1.94 bits per heavy atom. The summed E-state index contributed by atoms with van der Waals surface area (Å²) in [5.74, 6) is 0.421. The molecule has 0 radical (unpaired) electrons. The molecule has 0 aliphatic carbocycles. The summed E-state index contributed by atoms with van der Waals surface area (Å²) in [5.41, 5.74) is 6.34. The third-order valence-electron chi connectivity index (χ3n) is 4.95. The number of aromatic nitrogens is 3. The van der Waals surface area contributed by atoms with Crippen LogP contribution in [0.4, 0.5) is 0 Å². The number of carbonyl (C=O) groups is 1. The van der Waals surface area contributed by atoms with E-state index in [9.17, 15) is 4.79 Å². The SMILES string of the molecule is Cc1cc(/C=N\NC(=O)CSc2nnc(COc3ccc(Cl)cc3Cl)o2)c(C)n1-c1cccc(Cl)c1. The van der Waals surface area contributed by atoms with Crippen molar-refractivity contribution in [2.45, 2.75) is 25.7 Å². The number of ether oxygens (including phenoxy) is 1. The van der Waals surface area contributed by atoms with E-state index in [0.717, 1.165) is 34.4 Å². The van der Waals surface area contributed by atoms with Gasteiger partial charge < -0.3 is 13.7 Å². The number of thioether (sulfide) groups is 1. The summed E-state index contributed by atoms with van der Waals surface area (Å²) < 4.78 is 13.1. The van der Waals surface area contributed by atoms with Gasteiger partial charge in [0.2, 0.25) is 0 Å². The molecule has 36 heavy (non-hydrogen) atoms. The van der Waals surface area contributed by atoms with Crippen LogP contribution in [0.2, 0.25) is 15.1 Å². The second-order valence-electron chi connectivity index (χ2n) is 7.55. The highest BCUT2D eigenvalue weighted by atomic mass is 35.5. The number of carbonyl (C=O) groups excluding carboxylic acids is 1. The van der Waals surface area contributed by atoms with Crippen LogP contribution in [-0.2, 0) is 11.4 Å². The summed E-state index contributed by atoms with van der Waals surface area (Å²) in [7, 11) is 0. The highest BCUT2D eigenvalue weighted by Crippen LogP contribution is 2.28. The molecule has 0 fully saturated rings. The van der Waals surface area contributed by atoms with Gasteiger partial charge in [-0.2, -0.15) is 5.10 Å². The molecule has 0 saturated carbocycles. The van der Waals surface area contributed by atoms with E-state index in [-0.39, 0.29) is 29.4 Å². The van der Waals surface area contributed by atoms with E-state index < -0.39 is 0 Å². The molecule has 0 bridgehead atoms. The van der Waals surface area contributed by atoms with Crippen LogP contribution in [0.1, 0.15) is 22.8 Å². The molecule has 2 heterocycles. The minimum Gasteiger partial charge on any atom is -0.482 e. The van der Waals surface area contributed by atoms with Crippen molar-refractivity contribution in [2.24, 2.45) is 5.10 Å². The quantitative estimate of drug-likeness (QED) is 0.146. The maximum absolute atomic E-state index is 12.2. The Balaban J connectivity index is 1.27. The monoisotopic (exact) mass is 563 g/mol. The molecular formula is C24H20Cl3N5O3S. The number of hydrogen-bond acceptors (Lipinski definition) is 7. The van der Waals surface area contributed by atoms with Crippen LogP contribution in [0, 0.1) is 13.8 Å². The second kappa shape index (κ2) is 11.8. The fraction of sp³-hybridized carbons (Fsp3) is 0.167. The van der Waals surface area contributed by atoms with Crippen molar-refractivity contribution < 1.29 is 13.9 Å². The lowest BCUT2D eigenvalue weighted by molar-refractivity contribution is -0.118. The first-order chi connectivity index (χ1) is 17.3. The van der Waals surface area contributed by atoms with Gasteiger partial charge in [0, 0.05) is 32.7 Å². The molecule has 8 nitrogen and oxygen atoms in total. The van der Waals surface area contributed by atoms with Crippen LogP contribution in [0.15, 0.2) is 63.3 Å². The van der Waals surface area contributed by atoms with Gasteiger partial charge >= 0.3 is 0 Å². The molecule has 0 saturated heterocycles. The molecule has 1 amide bonds. The van der Waals surface area contributed by atoms with Gasteiger partial charge in [-0.05, 0) is 56.3 Å². The van der Waals surface area contributed by atoms with Gasteiger partial charge in [-0.1, -0.05) is 52.6 Å². The van der Waals surface area contributed by atoms with Gasteiger partial charge in [-0.15, -0.1) is 10.2 Å². The third-order valence-corrected chi connectivity index (χ3v) is 6.53. The summed E-state index contributed by atoms with van der Waals surface area (Å²) in [6.07, 6.45) is 1.61. The molecular weight excluding hydrogens is 545 g/mol. The van der Waals surface area contributed by atoms with E-state index in [4.69, 9.17) is 44.0 Å². The zero-order valence-electron chi connectivity index (χ0n) is 19.2. The molecule has 0 aliphatic rings. The largest absolute Gasteiger partial charge is 0.482 e. The minimum absolute atomic E-state index is 0.0268. The Kier molecular flexibility index (Phi) is 8.58. The summed E-state index contributed by atoms with van der Waals surface area (Å²) in [4.78, 5) is 12.2. The summed E-state index contributed by atoms with van der Waals surface area (Å²) >= 11 is 19.2. The highest BCUT2D eigenvalue weighted by Gasteiger charge is 2.12. The van der Waals surface area contributed by atoms with Crippen molar-refractivity contribution in [3.63, 3.8) is 0 Å². The zero-order valence-corrected chi connectivity index (χ0v) is 22.3. The topological polar surface area (TPSA) is 94.5 Å². The van der Waals surface area contributed by atoms with Gasteiger partial charge in [-0.25, -0.2) is 5.43 Å². The average molecular weight is 565 g/mol. The summed E-state index contributed by atoms with van der Waals surface area (Å²) in [6, 6.07) is 14.5. The molecule has 2 aromatic heterocycles. The normalized spacial score (nSPS) is 11.2. The maximum Gasteiger partial charge on any atom is 0.277 e. The molecule has 2 aromatic carbocycles. The van der Waals surface area contributed by atoms with Gasteiger partial charge in [0.1, 0.15) is 5.75 Å². The summed E-state index contributed by atoms with van der Waals surface area (Å²) in [6.45, 7) is 4.00. The fourth-order valence-electron chi connectivity index (χ4n) is 3.35. The predicted molar refractivity (Wildman–Crippen MR) is 142 cm³/mol. The van der Waals surface area contributed by atoms with Crippen LogP contribution in [-0.4, -0.2) is 32.6 Å². The Labute approximate surface area is 226 Å². The Bertz CT molecular complexity index is 1420. The van der Waals surface area contributed by atoms with Crippen molar-refractivity contribution in [3.05, 3.63) is 86.4 Å². The Hall–Kier alpha value is -2.98. The molecule has 12 heteroatoms. The summed E-state index contributed by atoms with van der Waals surface area (Å²) in [5, 5.41) is 13.7. The molecule has 0 spiro atoms. The number of hydrazone groups is 1.